The normalized spacial score (nSPS) is 11.3. The number of anilines is 1. The lowest BCUT2D eigenvalue weighted by Crippen LogP contribution is -2.10. The van der Waals surface area contributed by atoms with Crippen LogP contribution in [0.4, 0.5) is 5.82 Å². The summed E-state index contributed by atoms with van der Waals surface area (Å²) >= 11 is 0. The summed E-state index contributed by atoms with van der Waals surface area (Å²) in [5.41, 5.74) is 2.81. The van der Waals surface area contributed by atoms with Crippen LogP contribution in [0.2, 0.25) is 0 Å². The Kier molecular flexibility index (Phi) is 2.92. The average molecular weight is 294 g/mol. The highest BCUT2D eigenvalue weighted by Crippen LogP contribution is 2.13. The molecule has 4 heterocycles. The smallest absolute Gasteiger partial charge is 0.254 e. The van der Waals surface area contributed by atoms with E-state index in [1.54, 1.807) is 16.9 Å². The number of rotatable bonds is 4. The zero-order chi connectivity index (χ0) is 14.9. The van der Waals surface area contributed by atoms with E-state index >= 15 is 0 Å². The Hall–Kier alpha value is -3.03. The quantitative estimate of drug-likeness (QED) is 0.611. The summed E-state index contributed by atoms with van der Waals surface area (Å²) in [5, 5.41) is 11.9. The maximum absolute atomic E-state index is 4.43. The largest absolute Gasteiger partial charge is 0.364 e. The van der Waals surface area contributed by atoms with E-state index in [1.165, 1.54) is 6.33 Å². The number of aryl methyl sites for hydroxylation is 1. The average Bonchev–Trinajstić information content (AvgIpc) is 3.20. The molecule has 0 aliphatic rings. The van der Waals surface area contributed by atoms with Crippen LogP contribution >= 0.6 is 0 Å². The maximum Gasteiger partial charge on any atom is 0.254 e. The molecule has 8 heteroatoms. The second-order valence-electron chi connectivity index (χ2n) is 4.85. The third-order valence-electron chi connectivity index (χ3n) is 3.49. The van der Waals surface area contributed by atoms with E-state index in [4.69, 9.17) is 0 Å². The first-order chi connectivity index (χ1) is 10.8. The van der Waals surface area contributed by atoms with Gasteiger partial charge >= 0.3 is 0 Å². The summed E-state index contributed by atoms with van der Waals surface area (Å²) in [7, 11) is 0. The first-order valence-corrected chi connectivity index (χ1v) is 7.06. The Balaban J connectivity index is 1.69. The van der Waals surface area contributed by atoms with E-state index < -0.39 is 0 Å². The van der Waals surface area contributed by atoms with Gasteiger partial charge in [-0.1, -0.05) is 6.92 Å². The van der Waals surface area contributed by atoms with Crippen LogP contribution in [0.15, 0.2) is 36.9 Å². The Labute approximate surface area is 125 Å². The third kappa shape index (κ3) is 2.05. The molecule has 0 amide bonds. The molecule has 110 valence electrons. The summed E-state index contributed by atoms with van der Waals surface area (Å²) in [6.45, 7) is 2.66. The van der Waals surface area contributed by atoms with Crippen LogP contribution < -0.4 is 5.32 Å². The molecule has 0 aromatic carbocycles. The van der Waals surface area contributed by atoms with E-state index in [1.807, 2.05) is 22.7 Å². The minimum absolute atomic E-state index is 0.598. The molecule has 0 saturated heterocycles. The minimum Gasteiger partial charge on any atom is -0.364 e. The van der Waals surface area contributed by atoms with Crippen molar-refractivity contribution >= 4 is 17.2 Å². The van der Waals surface area contributed by atoms with Crippen molar-refractivity contribution in [3.05, 3.63) is 48.3 Å². The Morgan fingerprint density at radius 1 is 1.09 bits per heavy atom. The van der Waals surface area contributed by atoms with Crippen LogP contribution in [0.25, 0.3) is 11.4 Å². The highest BCUT2D eigenvalue weighted by atomic mass is 15.4. The lowest BCUT2D eigenvalue weighted by molar-refractivity contribution is 0.839. The first-order valence-electron chi connectivity index (χ1n) is 7.06. The fraction of sp³-hybridized carbons (Fsp3) is 0.214. The molecule has 0 atom stereocenters. The van der Waals surface area contributed by atoms with Gasteiger partial charge in [-0.05, 0) is 12.5 Å². The predicted molar refractivity (Wildman–Crippen MR) is 80.5 cm³/mol. The molecule has 4 rings (SSSR count). The third-order valence-corrected chi connectivity index (χ3v) is 3.49. The van der Waals surface area contributed by atoms with Crippen molar-refractivity contribution in [3.63, 3.8) is 0 Å². The van der Waals surface area contributed by atoms with Crippen molar-refractivity contribution in [1.29, 1.82) is 0 Å². The van der Waals surface area contributed by atoms with Gasteiger partial charge in [0.15, 0.2) is 5.65 Å². The van der Waals surface area contributed by atoms with Crippen molar-refractivity contribution in [1.82, 2.24) is 34.2 Å². The van der Waals surface area contributed by atoms with Gasteiger partial charge in [-0.25, -0.2) is 14.5 Å². The van der Waals surface area contributed by atoms with E-state index in [0.29, 0.717) is 12.3 Å². The molecule has 0 radical (unpaired) electrons. The Bertz CT molecular complexity index is 938. The summed E-state index contributed by atoms with van der Waals surface area (Å²) in [6, 6.07) is 5.80. The minimum atomic E-state index is 0.598. The van der Waals surface area contributed by atoms with Gasteiger partial charge in [0.25, 0.3) is 5.78 Å². The molecule has 0 spiro atoms. The highest BCUT2D eigenvalue weighted by Gasteiger charge is 2.08. The lowest BCUT2D eigenvalue weighted by Gasteiger charge is -2.10. The first kappa shape index (κ1) is 12.7. The van der Waals surface area contributed by atoms with E-state index in [-0.39, 0.29) is 0 Å². The SMILES string of the molecule is CCc1cc(NCc2ccnc3ccnn23)n2ncnc2n1. The summed E-state index contributed by atoms with van der Waals surface area (Å²) < 4.78 is 3.51. The molecular weight excluding hydrogens is 280 g/mol. The fourth-order valence-electron chi connectivity index (χ4n) is 2.37. The van der Waals surface area contributed by atoms with Gasteiger partial charge in [-0.2, -0.15) is 19.7 Å². The molecule has 0 unspecified atom stereocenters. The van der Waals surface area contributed by atoms with Crippen LogP contribution in [-0.2, 0) is 13.0 Å². The molecule has 0 saturated carbocycles. The van der Waals surface area contributed by atoms with Gasteiger partial charge in [-0.15, -0.1) is 0 Å². The number of nitrogens with one attached hydrogen (secondary N) is 1. The van der Waals surface area contributed by atoms with Gasteiger partial charge in [0.05, 0.1) is 18.4 Å². The van der Waals surface area contributed by atoms with Crippen molar-refractivity contribution < 1.29 is 0 Å². The molecule has 8 nitrogen and oxygen atoms in total. The molecule has 0 aliphatic carbocycles. The number of nitrogens with zero attached hydrogens (tertiary/aromatic N) is 7. The van der Waals surface area contributed by atoms with Crippen molar-refractivity contribution in [2.24, 2.45) is 0 Å². The number of hydrogen-bond donors (Lipinski definition) is 1. The van der Waals surface area contributed by atoms with Crippen LogP contribution in [-0.4, -0.2) is 34.2 Å². The van der Waals surface area contributed by atoms with Crippen LogP contribution in [0.5, 0.6) is 0 Å². The molecule has 1 N–H and O–H groups in total. The molecule has 4 aromatic rings. The van der Waals surface area contributed by atoms with Gasteiger partial charge in [-0.3, -0.25) is 0 Å². The lowest BCUT2D eigenvalue weighted by atomic mass is 10.3. The number of aromatic nitrogens is 7. The predicted octanol–water partition coefficient (Wildman–Crippen LogP) is 1.34. The molecule has 0 bridgehead atoms. The second kappa shape index (κ2) is 5.06. The number of fused-ring (bicyclic) bond motifs is 2. The molecule has 0 aliphatic heterocycles. The van der Waals surface area contributed by atoms with E-state index in [2.05, 4.69) is 37.4 Å². The Morgan fingerprint density at radius 2 is 2.05 bits per heavy atom. The van der Waals surface area contributed by atoms with Crippen molar-refractivity contribution in [3.8, 4) is 0 Å². The van der Waals surface area contributed by atoms with Gasteiger partial charge in [0, 0.05) is 24.0 Å². The standard InChI is InChI=1S/C14H14N8/c1-2-10-7-13(22-14(20-10)17-9-19-22)16-8-11-3-5-15-12-4-6-18-21(11)12/h3-7,9,16H,2,8H2,1H3. The second-order valence-corrected chi connectivity index (χ2v) is 4.85. The zero-order valence-corrected chi connectivity index (χ0v) is 12.0. The fourth-order valence-corrected chi connectivity index (χ4v) is 2.37. The maximum atomic E-state index is 4.43. The summed E-state index contributed by atoms with van der Waals surface area (Å²) in [4.78, 5) is 12.9. The van der Waals surface area contributed by atoms with Crippen LogP contribution in [0.1, 0.15) is 18.3 Å². The molecule has 22 heavy (non-hydrogen) atoms. The van der Waals surface area contributed by atoms with Crippen LogP contribution in [0, 0.1) is 0 Å². The molecule has 0 fully saturated rings. The van der Waals surface area contributed by atoms with E-state index in [9.17, 15) is 0 Å². The monoisotopic (exact) mass is 294 g/mol. The van der Waals surface area contributed by atoms with Gasteiger partial charge in [0.2, 0.25) is 0 Å². The summed E-state index contributed by atoms with van der Waals surface area (Å²) in [5.74, 6) is 1.46. The van der Waals surface area contributed by atoms with Crippen molar-refractivity contribution in [2.75, 3.05) is 5.32 Å². The van der Waals surface area contributed by atoms with Crippen molar-refractivity contribution in [2.45, 2.75) is 19.9 Å². The molecule has 4 aromatic heterocycles. The summed E-state index contributed by atoms with van der Waals surface area (Å²) in [6.07, 6.45) is 5.87. The van der Waals surface area contributed by atoms with Gasteiger partial charge < -0.3 is 5.32 Å². The van der Waals surface area contributed by atoms with Crippen LogP contribution in [0.3, 0.4) is 0 Å². The Morgan fingerprint density at radius 3 is 2.95 bits per heavy atom. The zero-order valence-electron chi connectivity index (χ0n) is 12.0. The number of hydrogen-bond acceptors (Lipinski definition) is 6. The van der Waals surface area contributed by atoms with E-state index in [0.717, 1.165) is 29.3 Å². The molecular formula is C14H14N8. The van der Waals surface area contributed by atoms with Gasteiger partial charge in [0.1, 0.15) is 12.1 Å². The highest BCUT2D eigenvalue weighted by molar-refractivity contribution is 5.45. The topological polar surface area (TPSA) is 85.3 Å².